The lowest BCUT2D eigenvalue weighted by atomic mass is 9.14. The third kappa shape index (κ3) is 8.13. The largest absolute Gasteiger partial charge is 0.287 e. The Morgan fingerprint density at radius 3 is 1.48 bits per heavy atom. The van der Waals surface area contributed by atoms with Gasteiger partial charge in [0.05, 0.1) is 6.15 Å². The van der Waals surface area contributed by atoms with Crippen molar-refractivity contribution in [1.82, 2.24) is 0 Å². The molecule has 0 fully saturated rings. The SMILES string of the molecule is CCCC[B-](c1ccccc1)(c1ccccc1)c1ccccc1.O=C(C[n+]1ccccc1)c1ccc(C(Cl)(Cl)Cl)cc1. The third-order valence-electron chi connectivity index (χ3n) is 7.73. The quantitative estimate of drug-likeness (QED) is 0.0724. The minimum Gasteiger partial charge on any atom is -0.287 e. The fourth-order valence-corrected chi connectivity index (χ4v) is 5.95. The number of aromatic nitrogens is 1. The maximum atomic E-state index is 12.1. The third-order valence-corrected chi connectivity index (χ3v) is 8.39. The first-order chi connectivity index (χ1) is 20.3. The highest BCUT2D eigenvalue weighted by atomic mass is 35.6. The van der Waals surface area contributed by atoms with Crippen molar-refractivity contribution in [3.63, 3.8) is 0 Å². The van der Waals surface area contributed by atoms with Gasteiger partial charge in [-0.2, -0.15) is 27.3 Å². The molecule has 0 spiro atoms. The van der Waals surface area contributed by atoms with Gasteiger partial charge in [-0.15, -0.1) is 0 Å². The zero-order valence-corrected chi connectivity index (χ0v) is 26.0. The van der Waals surface area contributed by atoms with E-state index in [0.717, 1.165) is 0 Å². The second kappa shape index (κ2) is 15.2. The highest BCUT2D eigenvalue weighted by Crippen LogP contribution is 2.38. The fraction of sp³-hybridized carbons (Fsp3) is 0.167. The topological polar surface area (TPSA) is 20.9 Å². The Morgan fingerprint density at radius 2 is 1.07 bits per heavy atom. The highest BCUT2D eigenvalue weighted by molar-refractivity contribution is 7.11. The first kappa shape index (κ1) is 31.6. The normalized spacial score (nSPS) is 11.3. The van der Waals surface area contributed by atoms with Crippen molar-refractivity contribution in [1.29, 1.82) is 0 Å². The summed E-state index contributed by atoms with van der Waals surface area (Å²) < 4.78 is 0.348. The number of unbranched alkanes of at least 4 members (excludes halogenated alkanes) is 1. The monoisotopic (exact) mass is 613 g/mol. The van der Waals surface area contributed by atoms with Gasteiger partial charge in [0, 0.05) is 23.3 Å². The van der Waals surface area contributed by atoms with Crippen molar-refractivity contribution in [2.75, 3.05) is 0 Å². The molecule has 5 rings (SSSR count). The maximum Gasteiger partial charge on any atom is 0.227 e. The molecule has 0 unspecified atom stereocenters. The second-order valence-electron chi connectivity index (χ2n) is 10.5. The van der Waals surface area contributed by atoms with Crippen LogP contribution in [0.4, 0.5) is 0 Å². The number of nitrogens with zero attached hydrogens (tertiary/aromatic N) is 1. The first-order valence-corrected chi connectivity index (χ1v) is 15.5. The van der Waals surface area contributed by atoms with Gasteiger partial charge in [-0.1, -0.05) is 176 Å². The first-order valence-electron chi connectivity index (χ1n) is 14.3. The van der Waals surface area contributed by atoms with Crippen molar-refractivity contribution in [2.24, 2.45) is 0 Å². The zero-order chi connectivity index (χ0) is 29.8. The number of pyridine rings is 1. The van der Waals surface area contributed by atoms with E-state index in [-0.39, 0.29) is 12.3 Å². The smallest absolute Gasteiger partial charge is 0.227 e. The van der Waals surface area contributed by atoms with Crippen molar-refractivity contribution < 1.29 is 9.36 Å². The number of Topliss-reactive ketones (excluding diaryl/α,β-unsaturated/α-hetero) is 1. The standard InChI is InChI=1S/C22H24B.C14H11Cl3NO/c1-2-3-19-23(20-13-7-4-8-14-20,21-15-9-5-10-16-21)22-17-11-6-12-18-22;15-14(16,17)12-6-4-11(5-7-12)13(19)10-18-8-2-1-3-9-18/h4-18H,2-3,19H2,1H3;1-9H,10H2/q-1;+1. The summed E-state index contributed by atoms with van der Waals surface area (Å²) in [5.74, 6) is 0.00654. The Hall–Kier alpha value is -3.37. The lowest BCUT2D eigenvalue weighted by Gasteiger charge is -2.43. The van der Waals surface area contributed by atoms with Crippen LogP contribution < -0.4 is 21.0 Å². The van der Waals surface area contributed by atoms with E-state index in [1.54, 1.807) is 24.3 Å². The number of benzene rings is 4. The molecule has 0 saturated carbocycles. The van der Waals surface area contributed by atoms with Gasteiger partial charge in [-0.05, 0) is 0 Å². The summed E-state index contributed by atoms with van der Waals surface area (Å²) in [6, 6.07) is 45.4. The molecule has 1 heterocycles. The molecule has 5 aromatic rings. The number of carbonyl (C=O) groups is 1. The predicted molar refractivity (Wildman–Crippen MR) is 180 cm³/mol. The van der Waals surface area contributed by atoms with Crippen LogP contribution in [0.3, 0.4) is 0 Å². The highest BCUT2D eigenvalue weighted by Gasteiger charge is 2.29. The lowest BCUT2D eigenvalue weighted by Crippen LogP contribution is -2.66. The Labute approximate surface area is 264 Å². The van der Waals surface area contributed by atoms with Gasteiger partial charge in [0.15, 0.2) is 12.4 Å². The van der Waals surface area contributed by atoms with E-state index in [1.165, 1.54) is 35.6 Å². The van der Waals surface area contributed by atoms with E-state index >= 15 is 0 Å². The maximum absolute atomic E-state index is 12.1. The number of hydrogen-bond donors (Lipinski definition) is 0. The molecular formula is C36H35BCl3NO. The van der Waals surface area contributed by atoms with Gasteiger partial charge >= 0.3 is 0 Å². The zero-order valence-electron chi connectivity index (χ0n) is 23.8. The van der Waals surface area contributed by atoms with Crippen molar-refractivity contribution in [3.8, 4) is 0 Å². The molecular weight excluding hydrogens is 580 g/mol. The molecule has 0 bridgehead atoms. The summed E-state index contributed by atoms with van der Waals surface area (Å²) >= 11 is 17.3. The minimum absolute atomic E-state index is 0.00654. The van der Waals surface area contributed by atoms with Gasteiger partial charge in [0.2, 0.25) is 16.1 Å². The van der Waals surface area contributed by atoms with E-state index in [1.807, 2.05) is 35.2 Å². The molecule has 6 heteroatoms. The number of hydrogen-bond acceptors (Lipinski definition) is 1. The average molecular weight is 615 g/mol. The van der Waals surface area contributed by atoms with Crippen LogP contribution in [0.15, 0.2) is 146 Å². The molecule has 0 aliphatic heterocycles. The molecule has 214 valence electrons. The van der Waals surface area contributed by atoms with Crippen molar-refractivity contribution >= 4 is 63.1 Å². The summed E-state index contributed by atoms with van der Waals surface area (Å²) in [4.78, 5) is 12.1. The van der Waals surface area contributed by atoms with Gasteiger partial charge in [0.25, 0.3) is 0 Å². The van der Waals surface area contributed by atoms with Gasteiger partial charge in [-0.3, -0.25) is 4.79 Å². The van der Waals surface area contributed by atoms with E-state index in [4.69, 9.17) is 34.8 Å². The van der Waals surface area contributed by atoms with Crippen LogP contribution in [-0.4, -0.2) is 11.9 Å². The molecule has 42 heavy (non-hydrogen) atoms. The molecule has 0 saturated heterocycles. The van der Waals surface area contributed by atoms with Gasteiger partial charge < -0.3 is 0 Å². The van der Waals surface area contributed by atoms with Crippen LogP contribution in [0, 0.1) is 0 Å². The Kier molecular flexibility index (Phi) is 11.4. The van der Waals surface area contributed by atoms with E-state index in [2.05, 4.69) is 97.9 Å². The van der Waals surface area contributed by atoms with E-state index < -0.39 is 9.94 Å². The van der Waals surface area contributed by atoms with E-state index in [0.29, 0.717) is 11.1 Å². The van der Waals surface area contributed by atoms with Crippen LogP contribution in [0.25, 0.3) is 0 Å². The summed E-state index contributed by atoms with van der Waals surface area (Å²) in [6.45, 7) is 2.57. The Balaban J connectivity index is 0.000000197. The van der Waals surface area contributed by atoms with Crippen LogP contribution in [0.5, 0.6) is 0 Å². The number of ketones is 1. The molecule has 1 aromatic heterocycles. The van der Waals surface area contributed by atoms with Gasteiger partial charge in [0.1, 0.15) is 0 Å². The number of carbonyl (C=O) groups excluding carboxylic acids is 1. The molecule has 0 amide bonds. The van der Waals surface area contributed by atoms with Crippen LogP contribution in [-0.2, 0) is 10.3 Å². The van der Waals surface area contributed by atoms with Crippen LogP contribution >= 0.6 is 34.8 Å². The average Bonchev–Trinajstić information content (AvgIpc) is 3.03. The minimum atomic E-state index is -1.46. The van der Waals surface area contributed by atoms with E-state index in [9.17, 15) is 4.79 Å². The molecule has 0 atom stereocenters. The second-order valence-corrected chi connectivity index (χ2v) is 12.7. The summed E-state index contributed by atoms with van der Waals surface area (Å²) in [5.41, 5.74) is 5.46. The molecule has 0 N–H and O–H groups in total. The summed E-state index contributed by atoms with van der Waals surface area (Å²) in [5, 5.41) is 0. The van der Waals surface area contributed by atoms with Crippen molar-refractivity contribution in [3.05, 3.63) is 157 Å². The summed E-state index contributed by atoms with van der Waals surface area (Å²) in [7, 11) is 0. The Bertz CT molecular complexity index is 1410. The van der Waals surface area contributed by atoms with Crippen LogP contribution in [0.2, 0.25) is 6.32 Å². The molecule has 0 radical (unpaired) electrons. The van der Waals surface area contributed by atoms with Crippen LogP contribution in [0.1, 0.15) is 35.7 Å². The number of rotatable bonds is 9. The molecule has 0 aliphatic rings. The lowest BCUT2D eigenvalue weighted by molar-refractivity contribution is -0.683. The summed E-state index contributed by atoms with van der Waals surface area (Å²) in [6.07, 6.45) is 6.41. The molecule has 4 aromatic carbocycles. The van der Waals surface area contributed by atoms with Gasteiger partial charge in [-0.25, -0.2) is 0 Å². The van der Waals surface area contributed by atoms with Crippen molar-refractivity contribution in [2.45, 2.75) is 36.4 Å². The fourth-order valence-electron chi connectivity index (χ4n) is 5.57. The number of halogens is 3. The number of alkyl halides is 3. The molecule has 0 aliphatic carbocycles. The predicted octanol–water partition coefficient (Wildman–Crippen LogP) is 7.64. The Morgan fingerprint density at radius 1 is 0.643 bits per heavy atom. The molecule has 2 nitrogen and oxygen atoms in total.